The number of nitrogens with two attached hydrogens (primary N) is 1. The van der Waals surface area contributed by atoms with E-state index in [0.717, 1.165) is 19.5 Å². The Morgan fingerprint density at radius 2 is 2.00 bits per heavy atom. The molecule has 0 aliphatic carbocycles. The molecule has 56 valence electrons. The zero-order chi connectivity index (χ0) is 5.82. The Balaban J connectivity index is 0.000000640. The molecule has 1 unspecified atom stereocenters. The van der Waals surface area contributed by atoms with E-state index in [4.69, 9.17) is 5.73 Å². The van der Waals surface area contributed by atoms with Gasteiger partial charge in [0.1, 0.15) is 0 Å². The molecular formula is C7H18N2. The van der Waals surface area contributed by atoms with E-state index >= 15 is 0 Å². The fourth-order valence-electron chi connectivity index (χ4n) is 1.05. The van der Waals surface area contributed by atoms with Crippen LogP contribution in [0, 0.1) is 0 Å². The SMILES string of the molecule is C.NC1CCCNCC1. The van der Waals surface area contributed by atoms with E-state index < -0.39 is 0 Å². The minimum atomic E-state index is 0. The van der Waals surface area contributed by atoms with Crippen LogP contribution in [0.25, 0.3) is 0 Å². The summed E-state index contributed by atoms with van der Waals surface area (Å²) >= 11 is 0. The number of rotatable bonds is 0. The summed E-state index contributed by atoms with van der Waals surface area (Å²) in [5, 5.41) is 3.30. The second-order valence-corrected chi connectivity index (χ2v) is 2.44. The molecule has 0 amide bonds. The van der Waals surface area contributed by atoms with Crippen LogP contribution in [0.1, 0.15) is 26.7 Å². The van der Waals surface area contributed by atoms with Crippen LogP contribution in [-0.4, -0.2) is 19.1 Å². The van der Waals surface area contributed by atoms with Gasteiger partial charge >= 0.3 is 0 Å². The molecule has 0 bridgehead atoms. The highest BCUT2D eigenvalue weighted by molar-refractivity contribution is 4.67. The Morgan fingerprint density at radius 3 is 2.78 bits per heavy atom. The van der Waals surface area contributed by atoms with Crippen LogP contribution in [0.2, 0.25) is 0 Å². The van der Waals surface area contributed by atoms with Crippen molar-refractivity contribution in [1.29, 1.82) is 0 Å². The maximum Gasteiger partial charge on any atom is 0.00513 e. The third-order valence-electron chi connectivity index (χ3n) is 1.62. The highest BCUT2D eigenvalue weighted by atomic mass is 14.9. The van der Waals surface area contributed by atoms with Crippen molar-refractivity contribution in [1.82, 2.24) is 5.32 Å². The normalized spacial score (nSPS) is 28.3. The van der Waals surface area contributed by atoms with Gasteiger partial charge in [0.15, 0.2) is 0 Å². The fraction of sp³-hybridized carbons (Fsp3) is 1.00. The largest absolute Gasteiger partial charge is 0.328 e. The molecule has 1 saturated heterocycles. The van der Waals surface area contributed by atoms with Gasteiger partial charge in [-0.05, 0) is 32.4 Å². The van der Waals surface area contributed by atoms with Crippen molar-refractivity contribution >= 4 is 0 Å². The summed E-state index contributed by atoms with van der Waals surface area (Å²) in [6.45, 7) is 2.27. The van der Waals surface area contributed by atoms with Gasteiger partial charge in [-0.1, -0.05) is 7.43 Å². The van der Waals surface area contributed by atoms with E-state index in [9.17, 15) is 0 Å². The molecule has 0 aromatic rings. The number of hydrogen-bond donors (Lipinski definition) is 2. The fourth-order valence-corrected chi connectivity index (χ4v) is 1.05. The summed E-state index contributed by atoms with van der Waals surface area (Å²) in [5.41, 5.74) is 5.69. The molecule has 1 atom stereocenters. The van der Waals surface area contributed by atoms with Gasteiger partial charge in [-0.2, -0.15) is 0 Å². The second-order valence-electron chi connectivity index (χ2n) is 2.44. The Kier molecular flexibility index (Phi) is 4.72. The molecule has 9 heavy (non-hydrogen) atoms. The van der Waals surface area contributed by atoms with Crippen molar-refractivity contribution in [2.75, 3.05) is 13.1 Å². The van der Waals surface area contributed by atoms with Gasteiger partial charge < -0.3 is 11.1 Å². The predicted molar refractivity (Wildman–Crippen MR) is 41.4 cm³/mol. The Bertz CT molecular complexity index is 55.9. The monoisotopic (exact) mass is 130 g/mol. The lowest BCUT2D eigenvalue weighted by molar-refractivity contribution is 0.599. The summed E-state index contributed by atoms with van der Waals surface area (Å²) in [5.74, 6) is 0. The van der Waals surface area contributed by atoms with E-state index in [1.165, 1.54) is 12.8 Å². The first-order chi connectivity index (χ1) is 3.89. The van der Waals surface area contributed by atoms with E-state index in [0.29, 0.717) is 6.04 Å². The highest BCUT2D eigenvalue weighted by Gasteiger charge is 2.04. The molecule has 0 saturated carbocycles. The van der Waals surface area contributed by atoms with Crippen LogP contribution in [0.3, 0.4) is 0 Å². The lowest BCUT2D eigenvalue weighted by atomic mass is 10.1. The molecule has 3 N–H and O–H groups in total. The van der Waals surface area contributed by atoms with Gasteiger partial charge in [-0.25, -0.2) is 0 Å². The Hall–Kier alpha value is -0.0800. The summed E-state index contributed by atoms with van der Waals surface area (Å²) in [7, 11) is 0. The number of nitrogens with one attached hydrogen (secondary N) is 1. The van der Waals surface area contributed by atoms with E-state index in [-0.39, 0.29) is 7.43 Å². The van der Waals surface area contributed by atoms with Gasteiger partial charge in [0.25, 0.3) is 0 Å². The summed E-state index contributed by atoms with van der Waals surface area (Å²) in [6.07, 6.45) is 3.61. The average Bonchev–Trinajstić information content (AvgIpc) is 1.94. The van der Waals surface area contributed by atoms with Crippen LogP contribution < -0.4 is 11.1 Å². The quantitative estimate of drug-likeness (QED) is 0.507. The topological polar surface area (TPSA) is 38.0 Å². The number of hydrogen-bond acceptors (Lipinski definition) is 2. The van der Waals surface area contributed by atoms with Crippen LogP contribution in [-0.2, 0) is 0 Å². The van der Waals surface area contributed by atoms with Crippen LogP contribution in [0.5, 0.6) is 0 Å². The first-order valence-electron chi connectivity index (χ1n) is 3.36. The summed E-state index contributed by atoms with van der Waals surface area (Å²) in [6, 6.07) is 0.463. The molecule has 1 fully saturated rings. The van der Waals surface area contributed by atoms with Gasteiger partial charge in [0.2, 0.25) is 0 Å². The smallest absolute Gasteiger partial charge is 0.00513 e. The maximum absolute atomic E-state index is 5.69. The molecule has 1 heterocycles. The first kappa shape index (κ1) is 8.92. The minimum Gasteiger partial charge on any atom is -0.328 e. The molecule has 0 aromatic carbocycles. The molecule has 0 spiro atoms. The van der Waals surface area contributed by atoms with E-state index in [1.807, 2.05) is 0 Å². The van der Waals surface area contributed by atoms with Crippen molar-refractivity contribution in [3.8, 4) is 0 Å². The van der Waals surface area contributed by atoms with Crippen LogP contribution >= 0.6 is 0 Å². The first-order valence-corrected chi connectivity index (χ1v) is 3.36. The molecule has 1 aliphatic rings. The van der Waals surface area contributed by atoms with Crippen LogP contribution in [0.4, 0.5) is 0 Å². The minimum absolute atomic E-state index is 0. The maximum atomic E-state index is 5.69. The average molecular weight is 130 g/mol. The van der Waals surface area contributed by atoms with E-state index in [2.05, 4.69) is 5.32 Å². The molecule has 0 radical (unpaired) electrons. The molecule has 1 aliphatic heterocycles. The van der Waals surface area contributed by atoms with Crippen molar-refractivity contribution in [2.24, 2.45) is 5.73 Å². The predicted octanol–water partition coefficient (Wildman–Crippen LogP) is 0.723. The molecule has 1 rings (SSSR count). The third-order valence-corrected chi connectivity index (χ3v) is 1.62. The molecule has 2 nitrogen and oxygen atoms in total. The van der Waals surface area contributed by atoms with Crippen molar-refractivity contribution in [3.63, 3.8) is 0 Å². The van der Waals surface area contributed by atoms with Crippen molar-refractivity contribution in [3.05, 3.63) is 0 Å². The molecule has 0 aromatic heterocycles. The van der Waals surface area contributed by atoms with Crippen LogP contribution in [0.15, 0.2) is 0 Å². The third kappa shape index (κ3) is 3.49. The van der Waals surface area contributed by atoms with E-state index in [1.54, 1.807) is 0 Å². The molecular weight excluding hydrogens is 112 g/mol. The Labute approximate surface area is 57.8 Å². The van der Waals surface area contributed by atoms with Crippen molar-refractivity contribution in [2.45, 2.75) is 32.7 Å². The summed E-state index contributed by atoms with van der Waals surface area (Å²) in [4.78, 5) is 0. The second kappa shape index (κ2) is 4.77. The standard InChI is InChI=1S/C6H14N2.CH4/c7-6-2-1-4-8-5-3-6;/h6,8H,1-5,7H2;1H4. The highest BCUT2D eigenvalue weighted by Crippen LogP contribution is 2.00. The zero-order valence-electron chi connectivity index (χ0n) is 5.19. The van der Waals surface area contributed by atoms with Gasteiger partial charge in [-0.15, -0.1) is 0 Å². The van der Waals surface area contributed by atoms with Crippen molar-refractivity contribution < 1.29 is 0 Å². The molecule has 2 heteroatoms. The Morgan fingerprint density at radius 1 is 1.22 bits per heavy atom. The lowest BCUT2D eigenvalue weighted by Gasteiger charge is -2.02. The van der Waals surface area contributed by atoms with Gasteiger partial charge in [0, 0.05) is 6.04 Å². The van der Waals surface area contributed by atoms with Gasteiger partial charge in [-0.3, -0.25) is 0 Å². The summed E-state index contributed by atoms with van der Waals surface area (Å²) < 4.78 is 0. The van der Waals surface area contributed by atoms with Gasteiger partial charge in [0.05, 0.1) is 0 Å². The zero-order valence-corrected chi connectivity index (χ0v) is 5.19. The lowest BCUT2D eigenvalue weighted by Crippen LogP contribution is -2.21.